The van der Waals surface area contributed by atoms with Gasteiger partial charge in [0.15, 0.2) is 6.10 Å². The maximum atomic E-state index is 12.8. The Kier molecular flexibility index (Phi) is 75.3. The van der Waals surface area contributed by atoms with Gasteiger partial charge in [0.25, 0.3) is 0 Å². The second-order valence-electron chi connectivity index (χ2n) is 27.3. The minimum absolute atomic E-state index is 0.0561. The lowest BCUT2D eigenvalue weighted by Crippen LogP contribution is -2.29. The van der Waals surface area contributed by atoms with Gasteiger partial charge in [0.05, 0.1) is 13.2 Å². The average Bonchev–Trinajstić information content (AvgIpc) is 3.74. The maximum Gasteiger partial charge on any atom is 0.472 e. The zero-order valence-corrected chi connectivity index (χ0v) is 61.5. The molecule has 0 aromatic heterocycles. The van der Waals surface area contributed by atoms with Crippen LogP contribution in [0.4, 0.5) is 0 Å². The molecule has 0 spiro atoms. The summed E-state index contributed by atoms with van der Waals surface area (Å²) in [6, 6.07) is 0. The van der Waals surface area contributed by atoms with E-state index in [-0.39, 0.29) is 38.6 Å². The molecule has 91 heavy (non-hydrogen) atoms. The molecule has 0 saturated carbocycles. The van der Waals surface area contributed by atoms with Crippen molar-refractivity contribution in [3.63, 3.8) is 0 Å². The molecule has 0 aliphatic heterocycles. The lowest BCUT2D eigenvalue weighted by atomic mass is 10.0. The molecule has 0 saturated heterocycles. The van der Waals surface area contributed by atoms with Gasteiger partial charge in [0.2, 0.25) is 0 Å². The van der Waals surface area contributed by atoms with Crippen LogP contribution in [0.15, 0.2) is 48.6 Å². The minimum atomic E-state index is -4.39. The molecule has 0 aliphatic carbocycles. The number of ether oxygens (including phenoxy) is 2. The standard InChI is InChI=1S/C81H154NO8P/c1-3-5-7-9-11-13-15-17-19-21-23-25-27-29-31-33-34-35-36-37-38-39-40-41-42-43-44-46-48-50-52-54-56-58-60-62-64-66-68-70-72-74-81(84)90-79(78-89-91(85,86)88-76-75-82)77-87-80(83)73-71-69-67-65-63-61-59-57-55-53-51-49-47-45-32-30-28-26-24-22-20-18-16-14-12-10-8-6-4-2/h15,17,21-24,27,29,79H,3-14,16,18-20,25-26,28,30-78,82H2,1-2H3,(H,85,86)/b17-15-,23-21-,24-22-,29-27-. The molecule has 536 valence electrons. The first kappa shape index (κ1) is 89.0. The fraction of sp³-hybridized carbons (Fsp3) is 0.877. The van der Waals surface area contributed by atoms with Crippen molar-refractivity contribution in [3.05, 3.63) is 48.6 Å². The molecular formula is C81H154NO8P. The summed E-state index contributed by atoms with van der Waals surface area (Å²) in [5, 5.41) is 0. The Morgan fingerprint density at radius 3 is 0.857 bits per heavy atom. The largest absolute Gasteiger partial charge is 0.472 e. The van der Waals surface area contributed by atoms with Gasteiger partial charge in [-0.05, 0) is 77.0 Å². The number of esters is 2. The molecule has 0 bridgehead atoms. The summed E-state index contributed by atoms with van der Waals surface area (Å²) in [6.45, 7) is 3.81. The fourth-order valence-corrected chi connectivity index (χ4v) is 13.0. The van der Waals surface area contributed by atoms with E-state index in [1.165, 1.54) is 347 Å². The number of allylic oxidation sites excluding steroid dienone is 8. The van der Waals surface area contributed by atoms with Crippen molar-refractivity contribution in [2.24, 2.45) is 5.73 Å². The monoisotopic (exact) mass is 1300 g/mol. The summed E-state index contributed by atoms with van der Waals surface area (Å²) in [6.07, 6.45) is 99.7. The van der Waals surface area contributed by atoms with Crippen molar-refractivity contribution in [1.82, 2.24) is 0 Å². The average molecular weight is 1300 g/mol. The lowest BCUT2D eigenvalue weighted by Gasteiger charge is -2.19. The Morgan fingerprint density at radius 1 is 0.330 bits per heavy atom. The number of nitrogens with two attached hydrogens (primary N) is 1. The van der Waals surface area contributed by atoms with Crippen molar-refractivity contribution in [2.75, 3.05) is 26.4 Å². The Bertz CT molecular complexity index is 1630. The number of phosphoric acid groups is 1. The molecule has 0 aliphatic rings. The highest BCUT2D eigenvalue weighted by molar-refractivity contribution is 7.47. The third-order valence-electron chi connectivity index (χ3n) is 18.2. The number of unbranched alkanes of at least 4 members (excludes halogenated alkanes) is 56. The summed E-state index contributed by atoms with van der Waals surface area (Å²) in [4.78, 5) is 35.4. The van der Waals surface area contributed by atoms with Crippen LogP contribution < -0.4 is 5.73 Å². The van der Waals surface area contributed by atoms with Crippen molar-refractivity contribution >= 4 is 19.8 Å². The molecule has 2 unspecified atom stereocenters. The molecule has 0 amide bonds. The predicted octanol–water partition coefficient (Wildman–Crippen LogP) is 26.8. The van der Waals surface area contributed by atoms with E-state index in [1.54, 1.807) is 0 Å². The molecule has 0 heterocycles. The predicted molar refractivity (Wildman–Crippen MR) is 395 cm³/mol. The van der Waals surface area contributed by atoms with E-state index in [9.17, 15) is 19.0 Å². The van der Waals surface area contributed by atoms with Gasteiger partial charge in [0.1, 0.15) is 6.61 Å². The summed E-state index contributed by atoms with van der Waals surface area (Å²) in [5.41, 5.74) is 5.41. The summed E-state index contributed by atoms with van der Waals surface area (Å²) in [7, 11) is -4.39. The van der Waals surface area contributed by atoms with Crippen LogP contribution in [-0.2, 0) is 32.7 Å². The van der Waals surface area contributed by atoms with E-state index >= 15 is 0 Å². The number of rotatable bonds is 77. The van der Waals surface area contributed by atoms with Crippen LogP contribution in [0.2, 0.25) is 0 Å². The molecule has 0 rings (SSSR count). The molecule has 0 fully saturated rings. The van der Waals surface area contributed by atoms with Crippen molar-refractivity contribution in [3.8, 4) is 0 Å². The normalized spacial score (nSPS) is 13.1. The second-order valence-corrected chi connectivity index (χ2v) is 28.7. The van der Waals surface area contributed by atoms with Crippen LogP contribution in [-0.4, -0.2) is 49.3 Å². The number of hydrogen-bond acceptors (Lipinski definition) is 8. The molecule has 3 N–H and O–H groups in total. The van der Waals surface area contributed by atoms with Gasteiger partial charge in [-0.2, -0.15) is 0 Å². The van der Waals surface area contributed by atoms with Crippen molar-refractivity contribution in [1.29, 1.82) is 0 Å². The number of carbonyl (C=O) groups excluding carboxylic acids is 2. The first-order chi connectivity index (χ1) is 44.8. The maximum absolute atomic E-state index is 12.8. The zero-order chi connectivity index (χ0) is 65.8. The van der Waals surface area contributed by atoms with Crippen LogP contribution in [0.25, 0.3) is 0 Å². The van der Waals surface area contributed by atoms with E-state index in [2.05, 4.69) is 62.5 Å². The third-order valence-corrected chi connectivity index (χ3v) is 19.2. The summed E-state index contributed by atoms with van der Waals surface area (Å²) in [5.74, 6) is -0.802. The number of carbonyl (C=O) groups is 2. The van der Waals surface area contributed by atoms with Crippen LogP contribution in [0, 0.1) is 0 Å². The Balaban J connectivity index is 3.74. The molecule has 0 radical (unpaired) electrons. The number of hydrogen-bond donors (Lipinski definition) is 2. The summed E-state index contributed by atoms with van der Waals surface area (Å²) >= 11 is 0. The Labute approximate surface area is 566 Å². The molecule has 9 nitrogen and oxygen atoms in total. The Morgan fingerprint density at radius 2 is 0.571 bits per heavy atom. The fourth-order valence-electron chi connectivity index (χ4n) is 12.2. The van der Waals surface area contributed by atoms with E-state index in [1.807, 2.05) is 0 Å². The van der Waals surface area contributed by atoms with Gasteiger partial charge in [0, 0.05) is 19.4 Å². The quantitative estimate of drug-likeness (QED) is 0.0264. The Hall–Kier alpha value is -2.03. The van der Waals surface area contributed by atoms with Gasteiger partial charge < -0.3 is 20.1 Å². The van der Waals surface area contributed by atoms with Crippen LogP contribution >= 0.6 is 7.82 Å². The summed E-state index contributed by atoms with van der Waals surface area (Å²) < 4.78 is 33.3. The van der Waals surface area contributed by atoms with Crippen molar-refractivity contribution < 1.29 is 37.6 Å². The highest BCUT2D eigenvalue weighted by atomic mass is 31.2. The van der Waals surface area contributed by atoms with E-state index < -0.39 is 26.5 Å². The van der Waals surface area contributed by atoms with Crippen LogP contribution in [0.3, 0.4) is 0 Å². The molecule has 10 heteroatoms. The minimum Gasteiger partial charge on any atom is -0.462 e. The van der Waals surface area contributed by atoms with Gasteiger partial charge in [-0.25, -0.2) is 4.57 Å². The molecular weight excluding hydrogens is 1150 g/mol. The highest BCUT2D eigenvalue weighted by Gasteiger charge is 2.26. The lowest BCUT2D eigenvalue weighted by molar-refractivity contribution is -0.161. The third kappa shape index (κ3) is 76.9. The number of phosphoric ester groups is 1. The smallest absolute Gasteiger partial charge is 0.462 e. The zero-order valence-electron chi connectivity index (χ0n) is 60.6. The SMILES string of the molecule is CCCCCCC/C=C\C/C=C\C/C=C\CCCCCCCCCCCCCCCCCCCCCCCCCCCCC(=O)OC(COC(=O)CCCCCCCCCCCCCCCCCCC/C=C\CCCCCCCCCC)COP(=O)(O)OCCN. The molecule has 2 atom stereocenters. The topological polar surface area (TPSA) is 134 Å². The van der Waals surface area contributed by atoms with Gasteiger partial charge in [-0.1, -0.05) is 383 Å². The second kappa shape index (κ2) is 77.0. The first-order valence-corrected chi connectivity index (χ1v) is 41.6. The van der Waals surface area contributed by atoms with Gasteiger partial charge >= 0.3 is 19.8 Å². The molecule has 0 aromatic carbocycles. The van der Waals surface area contributed by atoms with Crippen LogP contribution in [0.1, 0.15) is 425 Å². The van der Waals surface area contributed by atoms with Crippen LogP contribution in [0.5, 0.6) is 0 Å². The van der Waals surface area contributed by atoms with Gasteiger partial charge in [-0.3, -0.25) is 18.6 Å². The van der Waals surface area contributed by atoms with E-state index in [4.69, 9.17) is 24.3 Å². The molecule has 0 aromatic rings. The van der Waals surface area contributed by atoms with E-state index in [0.717, 1.165) is 44.9 Å². The van der Waals surface area contributed by atoms with E-state index in [0.29, 0.717) is 6.42 Å². The van der Waals surface area contributed by atoms with Crippen molar-refractivity contribution in [2.45, 2.75) is 431 Å². The first-order valence-electron chi connectivity index (χ1n) is 40.1. The van der Waals surface area contributed by atoms with Gasteiger partial charge in [-0.15, -0.1) is 0 Å². The highest BCUT2D eigenvalue weighted by Crippen LogP contribution is 2.43.